The molecule has 0 aliphatic carbocycles. The van der Waals surface area contributed by atoms with Gasteiger partial charge in [0.1, 0.15) is 5.75 Å². The minimum absolute atomic E-state index is 0.0885. The number of para-hydroxylation sites is 3. The predicted octanol–water partition coefficient (Wildman–Crippen LogP) is 3.12. The Morgan fingerprint density at radius 2 is 1.81 bits per heavy atom. The molecule has 0 radical (unpaired) electrons. The summed E-state index contributed by atoms with van der Waals surface area (Å²) in [6.07, 6.45) is 1.91. The van der Waals surface area contributed by atoms with E-state index in [1.54, 1.807) is 17.7 Å². The number of hydrogen-bond donors (Lipinski definition) is 0. The van der Waals surface area contributed by atoms with Gasteiger partial charge in [0.25, 0.3) is 5.56 Å². The zero-order valence-corrected chi connectivity index (χ0v) is 12.6. The molecular formula is C16H14N2O2S. The summed E-state index contributed by atoms with van der Waals surface area (Å²) in [7, 11) is 1.59. The topological polar surface area (TPSA) is 44.1 Å². The Morgan fingerprint density at radius 1 is 1.10 bits per heavy atom. The quantitative estimate of drug-likeness (QED) is 0.550. The highest BCUT2D eigenvalue weighted by Crippen LogP contribution is 2.25. The molecule has 1 aromatic heterocycles. The van der Waals surface area contributed by atoms with Crippen molar-refractivity contribution in [2.75, 3.05) is 13.4 Å². The van der Waals surface area contributed by atoms with Gasteiger partial charge in [-0.15, -0.1) is 0 Å². The van der Waals surface area contributed by atoms with Crippen LogP contribution in [0, 0.1) is 0 Å². The first-order chi connectivity index (χ1) is 10.3. The number of hydrogen-bond acceptors (Lipinski definition) is 4. The smallest absolute Gasteiger partial charge is 0.266 e. The van der Waals surface area contributed by atoms with Crippen LogP contribution in [0.2, 0.25) is 0 Å². The number of benzene rings is 2. The molecule has 3 rings (SSSR count). The average molecular weight is 298 g/mol. The summed E-state index contributed by atoms with van der Waals surface area (Å²) in [5.41, 5.74) is 1.32. The summed E-state index contributed by atoms with van der Waals surface area (Å²) in [5, 5.41) is 1.24. The minimum atomic E-state index is -0.0885. The van der Waals surface area contributed by atoms with Crippen LogP contribution in [-0.2, 0) is 0 Å². The third-order valence-corrected chi connectivity index (χ3v) is 3.89. The number of thioether (sulfide) groups is 1. The molecule has 2 aromatic carbocycles. The molecule has 0 saturated carbocycles. The molecule has 0 fully saturated rings. The fourth-order valence-electron chi connectivity index (χ4n) is 2.28. The van der Waals surface area contributed by atoms with E-state index in [-0.39, 0.29) is 5.56 Å². The number of rotatable bonds is 3. The normalized spacial score (nSPS) is 10.8. The summed E-state index contributed by atoms with van der Waals surface area (Å²) in [6.45, 7) is 0. The maximum absolute atomic E-state index is 12.8. The second kappa shape index (κ2) is 5.61. The van der Waals surface area contributed by atoms with Crippen molar-refractivity contribution >= 4 is 22.7 Å². The largest absolute Gasteiger partial charge is 0.495 e. The first-order valence-corrected chi connectivity index (χ1v) is 7.68. The molecule has 0 amide bonds. The van der Waals surface area contributed by atoms with Crippen LogP contribution in [-0.4, -0.2) is 22.9 Å². The van der Waals surface area contributed by atoms with Crippen LogP contribution in [0.3, 0.4) is 0 Å². The van der Waals surface area contributed by atoms with Gasteiger partial charge in [-0.2, -0.15) is 0 Å². The zero-order valence-electron chi connectivity index (χ0n) is 11.7. The summed E-state index contributed by atoms with van der Waals surface area (Å²) >= 11 is 1.43. The van der Waals surface area contributed by atoms with E-state index in [4.69, 9.17) is 4.74 Å². The van der Waals surface area contributed by atoms with Gasteiger partial charge < -0.3 is 4.74 Å². The Hall–Kier alpha value is -2.27. The highest BCUT2D eigenvalue weighted by atomic mass is 32.2. The van der Waals surface area contributed by atoms with Crippen molar-refractivity contribution in [1.82, 2.24) is 9.55 Å². The second-order valence-electron chi connectivity index (χ2n) is 4.43. The molecule has 4 nitrogen and oxygen atoms in total. The molecule has 0 bridgehead atoms. The lowest BCUT2D eigenvalue weighted by atomic mass is 10.2. The van der Waals surface area contributed by atoms with Gasteiger partial charge in [-0.25, -0.2) is 4.98 Å². The van der Waals surface area contributed by atoms with Crippen molar-refractivity contribution in [2.45, 2.75) is 5.16 Å². The van der Waals surface area contributed by atoms with Crippen molar-refractivity contribution in [1.29, 1.82) is 0 Å². The highest BCUT2D eigenvalue weighted by Gasteiger charge is 2.14. The first-order valence-electron chi connectivity index (χ1n) is 6.45. The van der Waals surface area contributed by atoms with Gasteiger partial charge in [0, 0.05) is 0 Å². The number of aromatic nitrogens is 2. The van der Waals surface area contributed by atoms with Gasteiger partial charge in [0.2, 0.25) is 0 Å². The Balaban J connectivity index is 2.41. The lowest BCUT2D eigenvalue weighted by Crippen LogP contribution is -2.22. The number of ether oxygens (including phenoxy) is 1. The molecule has 1 heterocycles. The SMILES string of the molecule is COc1ccccc1-n1c(SC)nc2ccccc2c1=O. The third-order valence-electron chi connectivity index (χ3n) is 3.25. The standard InChI is InChI=1S/C16H14N2O2S/c1-20-14-10-6-5-9-13(14)18-15(19)11-7-3-4-8-12(11)17-16(18)21-2/h3-10H,1-2H3. The fourth-order valence-corrected chi connectivity index (χ4v) is 2.83. The first kappa shape index (κ1) is 13.7. The summed E-state index contributed by atoms with van der Waals surface area (Å²) in [4.78, 5) is 17.4. The molecule has 0 atom stereocenters. The van der Waals surface area contributed by atoms with Crippen LogP contribution >= 0.6 is 11.8 Å². The van der Waals surface area contributed by atoms with E-state index >= 15 is 0 Å². The van der Waals surface area contributed by atoms with Crippen LogP contribution in [0.1, 0.15) is 0 Å². The Morgan fingerprint density at radius 3 is 2.57 bits per heavy atom. The lowest BCUT2D eigenvalue weighted by Gasteiger charge is -2.14. The number of methoxy groups -OCH3 is 1. The van der Waals surface area contributed by atoms with Gasteiger partial charge in [0.05, 0.1) is 23.7 Å². The molecule has 3 aromatic rings. The van der Waals surface area contributed by atoms with Gasteiger partial charge >= 0.3 is 0 Å². The lowest BCUT2D eigenvalue weighted by molar-refractivity contribution is 0.411. The van der Waals surface area contributed by atoms with E-state index < -0.39 is 0 Å². The predicted molar refractivity (Wildman–Crippen MR) is 85.7 cm³/mol. The third kappa shape index (κ3) is 2.29. The van der Waals surface area contributed by atoms with Crippen molar-refractivity contribution < 1.29 is 4.74 Å². The molecule has 5 heteroatoms. The molecule has 106 valence electrons. The van der Waals surface area contributed by atoms with Gasteiger partial charge in [-0.05, 0) is 30.5 Å². The van der Waals surface area contributed by atoms with Gasteiger partial charge in [-0.1, -0.05) is 36.0 Å². The molecule has 0 saturated heterocycles. The molecule has 0 aliphatic heterocycles. The summed E-state index contributed by atoms with van der Waals surface area (Å²) in [6, 6.07) is 14.8. The zero-order chi connectivity index (χ0) is 14.8. The molecule has 21 heavy (non-hydrogen) atoms. The van der Waals surface area contributed by atoms with Crippen molar-refractivity contribution in [3.05, 3.63) is 58.9 Å². The number of nitrogens with zero attached hydrogens (tertiary/aromatic N) is 2. The van der Waals surface area contributed by atoms with Crippen molar-refractivity contribution in [3.8, 4) is 11.4 Å². The van der Waals surface area contributed by atoms with Crippen LogP contribution in [0.25, 0.3) is 16.6 Å². The second-order valence-corrected chi connectivity index (χ2v) is 5.20. The number of fused-ring (bicyclic) bond motifs is 1. The van der Waals surface area contributed by atoms with Crippen molar-refractivity contribution in [2.24, 2.45) is 0 Å². The van der Waals surface area contributed by atoms with E-state index in [0.717, 1.165) is 0 Å². The highest BCUT2D eigenvalue weighted by molar-refractivity contribution is 7.98. The van der Waals surface area contributed by atoms with Crippen LogP contribution in [0.15, 0.2) is 58.5 Å². The van der Waals surface area contributed by atoms with Gasteiger partial charge in [0.15, 0.2) is 5.16 Å². The fraction of sp³-hybridized carbons (Fsp3) is 0.125. The van der Waals surface area contributed by atoms with E-state index in [9.17, 15) is 4.79 Å². The Labute approximate surface area is 126 Å². The minimum Gasteiger partial charge on any atom is -0.495 e. The molecule has 0 aliphatic rings. The molecule has 0 spiro atoms. The van der Waals surface area contributed by atoms with E-state index in [1.165, 1.54) is 11.8 Å². The van der Waals surface area contributed by atoms with Crippen molar-refractivity contribution in [3.63, 3.8) is 0 Å². The Bertz CT molecular complexity index is 858. The maximum atomic E-state index is 12.8. The average Bonchev–Trinajstić information content (AvgIpc) is 2.54. The monoisotopic (exact) mass is 298 g/mol. The summed E-state index contributed by atoms with van der Waals surface area (Å²) in [5.74, 6) is 0.645. The van der Waals surface area contributed by atoms with Crippen LogP contribution in [0.4, 0.5) is 0 Å². The molecule has 0 unspecified atom stereocenters. The maximum Gasteiger partial charge on any atom is 0.266 e. The summed E-state index contributed by atoms with van der Waals surface area (Å²) < 4.78 is 6.97. The molecule has 0 N–H and O–H groups in total. The Kier molecular flexibility index (Phi) is 3.66. The van der Waals surface area contributed by atoms with E-state index in [2.05, 4.69) is 4.98 Å². The van der Waals surface area contributed by atoms with E-state index in [0.29, 0.717) is 27.5 Å². The van der Waals surface area contributed by atoms with E-state index in [1.807, 2.05) is 48.7 Å². The van der Waals surface area contributed by atoms with Crippen LogP contribution in [0.5, 0.6) is 5.75 Å². The van der Waals surface area contributed by atoms with Gasteiger partial charge in [-0.3, -0.25) is 9.36 Å². The molecular weight excluding hydrogens is 284 g/mol. The van der Waals surface area contributed by atoms with Crippen LogP contribution < -0.4 is 10.3 Å².